The van der Waals surface area contributed by atoms with E-state index in [-0.39, 0.29) is 0 Å². The molecule has 0 fully saturated rings. The van der Waals surface area contributed by atoms with Crippen LogP contribution in [0.5, 0.6) is 11.5 Å². The van der Waals surface area contributed by atoms with Gasteiger partial charge < -0.3 is 4.74 Å². The van der Waals surface area contributed by atoms with Crippen LogP contribution in [0.2, 0.25) is 0 Å². The minimum Gasteiger partial charge on any atom is -0.456 e. The van der Waals surface area contributed by atoms with Crippen LogP contribution in [0.3, 0.4) is 0 Å². The Kier molecular flexibility index (Phi) is 2.84. The standard InChI is InChI=1S/C12H12OS/c1-2-12-11(8-9-14-12)13-10-6-4-3-5-7-10/h3-9H,2H2,1H3. The molecule has 72 valence electrons. The Hall–Kier alpha value is -1.28. The van der Waals surface area contributed by atoms with Crippen molar-refractivity contribution in [2.75, 3.05) is 0 Å². The second-order valence-electron chi connectivity index (χ2n) is 2.98. The SMILES string of the molecule is CCc1sccc1Oc1ccccc1. The molecule has 0 radical (unpaired) electrons. The summed E-state index contributed by atoms with van der Waals surface area (Å²) in [6.07, 6.45) is 1.03. The Labute approximate surface area is 88.0 Å². The summed E-state index contributed by atoms with van der Waals surface area (Å²) >= 11 is 1.74. The lowest BCUT2D eigenvalue weighted by Gasteiger charge is -2.04. The highest BCUT2D eigenvalue weighted by atomic mass is 32.1. The number of ether oxygens (including phenoxy) is 1. The summed E-state index contributed by atoms with van der Waals surface area (Å²) in [5.41, 5.74) is 0. The zero-order chi connectivity index (χ0) is 9.80. The van der Waals surface area contributed by atoms with Crippen molar-refractivity contribution in [2.24, 2.45) is 0 Å². The highest BCUT2D eigenvalue weighted by Crippen LogP contribution is 2.29. The van der Waals surface area contributed by atoms with Gasteiger partial charge in [-0.25, -0.2) is 0 Å². The Morgan fingerprint density at radius 1 is 1.14 bits per heavy atom. The third-order valence-electron chi connectivity index (χ3n) is 2.00. The van der Waals surface area contributed by atoms with Crippen LogP contribution in [0.1, 0.15) is 11.8 Å². The van der Waals surface area contributed by atoms with E-state index in [0.717, 1.165) is 17.9 Å². The van der Waals surface area contributed by atoms with Gasteiger partial charge in [-0.05, 0) is 30.0 Å². The van der Waals surface area contributed by atoms with Gasteiger partial charge >= 0.3 is 0 Å². The van der Waals surface area contributed by atoms with Crippen molar-refractivity contribution in [1.29, 1.82) is 0 Å². The van der Waals surface area contributed by atoms with Gasteiger partial charge in [0, 0.05) is 4.88 Å². The molecule has 0 saturated carbocycles. The lowest BCUT2D eigenvalue weighted by Crippen LogP contribution is -1.84. The quantitative estimate of drug-likeness (QED) is 0.731. The number of aryl methyl sites for hydroxylation is 1. The molecule has 1 heterocycles. The van der Waals surface area contributed by atoms with Crippen molar-refractivity contribution in [3.05, 3.63) is 46.7 Å². The van der Waals surface area contributed by atoms with Crippen molar-refractivity contribution in [3.8, 4) is 11.5 Å². The first-order chi connectivity index (χ1) is 6.90. The molecule has 0 bridgehead atoms. The van der Waals surface area contributed by atoms with Gasteiger partial charge in [-0.1, -0.05) is 25.1 Å². The summed E-state index contributed by atoms with van der Waals surface area (Å²) in [7, 11) is 0. The van der Waals surface area contributed by atoms with Crippen molar-refractivity contribution in [2.45, 2.75) is 13.3 Å². The van der Waals surface area contributed by atoms with E-state index in [1.54, 1.807) is 11.3 Å². The van der Waals surface area contributed by atoms with Crippen LogP contribution in [0, 0.1) is 0 Å². The lowest BCUT2D eigenvalue weighted by molar-refractivity contribution is 0.480. The Bertz CT molecular complexity index is 392. The molecule has 2 rings (SSSR count). The minimum atomic E-state index is 0.903. The molecule has 0 aliphatic heterocycles. The van der Waals surface area contributed by atoms with E-state index in [1.165, 1.54) is 4.88 Å². The molecular weight excluding hydrogens is 192 g/mol. The van der Waals surface area contributed by atoms with E-state index < -0.39 is 0 Å². The van der Waals surface area contributed by atoms with E-state index in [9.17, 15) is 0 Å². The van der Waals surface area contributed by atoms with Crippen LogP contribution in [-0.2, 0) is 6.42 Å². The molecule has 0 aliphatic rings. The van der Waals surface area contributed by atoms with Crippen LogP contribution in [0.4, 0.5) is 0 Å². The van der Waals surface area contributed by atoms with Gasteiger partial charge in [0.05, 0.1) is 0 Å². The number of para-hydroxylation sites is 1. The molecule has 0 amide bonds. The summed E-state index contributed by atoms with van der Waals surface area (Å²) < 4.78 is 5.75. The Morgan fingerprint density at radius 3 is 2.64 bits per heavy atom. The third kappa shape index (κ3) is 1.96. The van der Waals surface area contributed by atoms with E-state index >= 15 is 0 Å². The van der Waals surface area contributed by atoms with Crippen LogP contribution >= 0.6 is 11.3 Å². The number of thiophene rings is 1. The summed E-state index contributed by atoms with van der Waals surface area (Å²) in [6.45, 7) is 2.14. The van der Waals surface area contributed by atoms with Gasteiger partial charge in [0.15, 0.2) is 0 Å². The predicted octanol–water partition coefficient (Wildman–Crippen LogP) is 4.10. The fourth-order valence-corrected chi connectivity index (χ4v) is 2.04. The molecule has 0 atom stereocenters. The van der Waals surface area contributed by atoms with E-state index in [2.05, 4.69) is 12.3 Å². The molecule has 2 heteroatoms. The predicted molar refractivity (Wildman–Crippen MR) is 60.2 cm³/mol. The first-order valence-corrected chi connectivity index (χ1v) is 5.57. The topological polar surface area (TPSA) is 9.23 Å². The molecule has 0 aliphatic carbocycles. The normalized spacial score (nSPS) is 10.1. The summed E-state index contributed by atoms with van der Waals surface area (Å²) in [5, 5.41) is 2.07. The monoisotopic (exact) mass is 204 g/mol. The second kappa shape index (κ2) is 4.29. The van der Waals surface area contributed by atoms with Crippen LogP contribution in [0.15, 0.2) is 41.8 Å². The molecule has 0 N–H and O–H groups in total. The van der Waals surface area contributed by atoms with Gasteiger partial charge in [-0.3, -0.25) is 0 Å². The van der Waals surface area contributed by atoms with E-state index in [0.29, 0.717) is 0 Å². The van der Waals surface area contributed by atoms with E-state index in [1.807, 2.05) is 36.4 Å². The summed E-state index contributed by atoms with van der Waals surface area (Å²) in [4.78, 5) is 1.30. The second-order valence-corrected chi connectivity index (χ2v) is 3.98. The smallest absolute Gasteiger partial charge is 0.141 e. The Balaban J connectivity index is 2.19. The van der Waals surface area contributed by atoms with Gasteiger partial charge in [0.25, 0.3) is 0 Å². The van der Waals surface area contributed by atoms with Crippen LogP contribution in [0.25, 0.3) is 0 Å². The molecule has 1 aromatic heterocycles. The number of benzene rings is 1. The van der Waals surface area contributed by atoms with Gasteiger partial charge in [-0.15, -0.1) is 11.3 Å². The number of rotatable bonds is 3. The van der Waals surface area contributed by atoms with Crippen molar-refractivity contribution < 1.29 is 4.74 Å². The molecule has 0 saturated heterocycles. The van der Waals surface area contributed by atoms with Crippen molar-refractivity contribution >= 4 is 11.3 Å². The number of hydrogen-bond acceptors (Lipinski definition) is 2. The lowest BCUT2D eigenvalue weighted by atomic mass is 10.3. The molecule has 14 heavy (non-hydrogen) atoms. The number of hydrogen-bond donors (Lipinski definition) is 0. The molecule has 0 unspecified atom stereocenters. The third-order valence-corrected chi connectivity index (χ3v) is 3.04. The zero-order valence-corrected chi connectivity index (χ0v) is 8.88. The van der Waals surface area contributed by atoms with Gasteiger partial charge in [0.1, 0.15) is 11.5 Å². The van der Waals surface area contributed by atoms with Crippen LogP contribution < -0.4 is 4.74 Å². The minimum absolute atomic E-state index is 0.903. The molecule has 1 aromatic carbocycles. The maximum Gasteiger partial charge on any atom is 0.141 e. The van der Waals surface area contributed by atoms with Gasteiger partial charge in [0.2, 0.25) is 0 Å². The van der Waals surface area contributed by atoms with Crippen molar-refractivity contribution in [1.82, 2.24) is 0 Å². The molecule has 0 spiro atoms. The highest BCUT2D eigenvalue weighted by molar-refractivity contribution is 7.10. The zero-order valence-electron chi connectivity index (χ0n) is 8.07. The Morgan fingerprint density at radius 2 is 1.93 bits per heavy atom. The molecule has 2 aromatic rings. The average molecular weight is 204 g/mol. The first kappa shape index (κ1) is 9.28. The first-order valence-electron chi connectivity index (χ1n) is 4.69. The fraction of sp³-hybridized carbons (Fsp3) is 0.167. The maximum absolute atomic E-state index is 5.75. The molecular formula is C12H12OS. The molecule has 1 nitrogen and oxygen atoms in total. The summed E-state index contributed by atoms with van der Waals surface area (Å²) in [6, 6.07) is 11.9. The average Bonchev–Trinajstić information content (AvgIpc) is 2.67. The maximum atomic E-state index is 5.75. The fourth-order valence-electron chi connectivity index (χ4n) is 1.29. The van der Waals surface area contributed by atoms with E-state index in [4.69, 9.17) is 4.74 Å². The van der Waals surface area contributed by atoms with Crippen LogP contribution in [-0.4, -0.2) is 0 Å². The van der Waals surface area contributed by atoms with Gasteiger partial charge in [-0.2, -0.15) is 0 Å². The summed E-state index contributed by atoms with van der Waals surface area (Å²) in [5.74, 6) is 1.89. The highest BCUT2D eigenvalue weighted by Gasteiger charge is 2.03. The van der Waals surface area contributed by atoms with Crippen molar-refractivity contribution in [3.63, 3.8) is 0 Å². The largest absolute Gasteiger partial charge is 0.456 e.